The van der Waals surface area contributed by atoms with Crippen LogP contribution in [0.5, 0.6) is 0 Å². The summed E-state index contributed by atoms with van der Waals surface area (Å²) in [6, 6.07) is 14.1. The Kier molecular flexibility index (Phi) is 7.29. The predicted molar refractivity (Wildman–Crippen MR) is 128 cm³/mol. The summed E-state index contributed by atoms with van der Waals surface area (Å²) in [7, 11) is 0. The number of piperidine rings is 1. The molecule has 0 radical (unpaired) electrons. The minimum absolute atomic E-state index is 0.197. The Balaban J connectivity index is 1.32. The number of esters is 1. The van der Waals surface area contributed by atoms with Crippen LogP contribution in [0.2, 0.25) is 0 Å². The van der Waals surface area contributed by atoms with Gasteiger partial charge in [-0.1, -0.05) is 41.7 Å². The molecule has 3 aromatic rings. The molecule has 1 aliphatic heterocycles. The molecule has 33 heavy (non-hydrogen) atoms. The van der Waals surface area contributed by atoms with E-state index in [1.165, 1.54) is 5.56 Å². The van der Waals surface area contributed by atoms with Crippen molar-refractivity contribution in [2.45, 2.75) is 33.1 Å². The maximum absolute atomic E-state index is 12.6. The van der Waals surface area contributed by atoms with Gasteiger partial charge < -0.3 is 9.64 Å². The van der Waals surface area contributed by atoms with Crippen LogP contribution in [-0.4, -0.2) is 46.8 Å². The lowest BCUT2D eigenvalue weighted by Gasteiger charge is -2.32. The summed E-state index contributed by atoms with van der Waals surface area (Å²) in [6.07, 6.45) is 3.31. The summed E-state index contributed by atoms with van der Waals surface area (Å²) >= 11 is 1.08. The number of nitrogens with one attached hydrogen (secondary N) is 1. The third kappa shape index (κ3) is 5.73. The zero-order chi connectivity index (χ0) is 23.2. The van der Waals surface area contributed by atoms with Crippen molar-refractivity contribution in [2.24, 2.45) is 5.92 Å². The van der Waals surface area contributed by atoms with Gasteiger partial charge in [0.15, 0.2) is 16.6 Å². The Hall–Kier alpha value is -3.33. The van der Waals surface area contributed by atoms with E-state index in [1.807, 2.05) is 12.1 Å². The fraction of sp³-hybridized carbons (Fsp3) is 0.375. The average Bonchev–Trinajstić information content (AvgIpc) is 3.20. The van der Waals surface area contributed by atoms with Crippen molar-refractivity contribution >= 4 is 34.2 Å². The van der Waals surface area contributed by atoms with Gasteiger partial charge in [0.1, 0.15) is 4.88 Å². The number of aromatic nitrogens is 3. The number of carbonyl (C=O) groups excluding carboxylic acids is 2. The molecule has 9 heteroatoms. The quantitative estimate of drug-likeness (QED) is 0.524. The van der Waals surface area contributed by atoms with Crippen LogP contribution in [0, 0.1) is 12.8 Å². The molecule has 8 nitrogen and oxygen atoms in total. The van der Waals surface area contributed by atoms with Crippen LogP contribution in [0.15, 0.2) is 42.5 Å². The second kappa shape index (κ2) is 10.5. The van der Waals surface area contributed by atoms with Crippen molar-refractivity contribution in [2.75, 3.05) is 29.9 Å². The molecule has 0 aliphatic carbocycles. The van der Waals surface area contributed by atoms with Crippen LogP contribution < -0.4 is 10.2 Å². The summed E-state index contributed by atoms with van der Waals surface area (Å²) in [4.78, 5) is 31.3. The Bertz CT molecular complexity index is 1090. The van der Waals surface area contributed by atoms with Gasteiger partial charge in [0.25, 0.3) is 5.91 Å². The van der Waals surface area contributed by atoms with Crippen molar-refractivity contribution in [3.8, 4) is 0 Å². The smallest absolute Gasteiger partial charge is 0.350 e. The molecule has 0 atom stereocenters. The highest BCUT2D eigenvalue weighted by molar-refractivity contribution is 7.17. The first kappa shape index (κ1) is 22.8. The van der Waals surface area contributed by atoms with Crippen LogP contribution in [0.25, 0.3) is 0 Å². The van der Waals surface area contributed by atoms with E-state index >= 15 is 0 Å². The zero-order valence-corrected chi connectivity index (χ0v) is 19.6. The SMILES string of the molecule is CCOC(=O)c1sc(NC(=O)c2ccc(N3CCC(Cc4ccccc4)CC3)nn2)nc1C. The number of nitrogens with zero attached hydrogens (tertiary/aromatic N) is 4. The van der Waals surface area contributed by atoms with Gasteiger partial charge in [-0.3, -0.25) is 10.1 Å². The minimum atomic E-state index is -0.440. The first-order valence-electron chi connectivity index (χ1n) is 11.1. The van der Waals surface area contributed by atoms with E-state index in [9.17, 15) is 9.59 Å². The lowest BCUT2D eigenvalue weighted by molar-refractivity contribution is 0.0531. The molecule has 0 saturated carbocycles. The molecule has 0 unspecified atom stereocenters. The Morgan fingerprint density at radius 3 is 2.55 bits per heavy atom. The van der Waals surface area contributed by atoms with Gasteiger partial charge in [-0.15, -0.1) is 10.2 Å². The van der Waals surface area contributed by atoms with E-state index in [2.05, 4.69) is 49.7 Å². The van der Waals surface area contributed by atoms with Crippen molar-refractivity contribution in [1.29, 1.82) is 0 Å². The van der Waals surface area contributed by atoms with Crippen LogP contribution in [0.4, 0.5) is 10.9 Å². The fourth-order valence-electron chi connectivity index (χ4n) is 3.93. The molecular weight excluding hydrogens is 438 g/mol. The van der Waals surface area contributed by atoms with Crippen molar-refractivity contribution < 1.29 is 14.3 Å². The summed E-state index contributed by atoms with van der Waals surface area (Å²) < 4.78 is 5.01. The maximum Gasteiger partial charge on any atom is 0.350 e. The van der Waals surface area contributed by atoms with E-state index in [1.54, 1.807) is 19.9 Å². The third-order valence-electron chi connectivity index (χ3n) is 5.67. The number of hydrogen-bond donors (Lipinski definition) is 1. The molecular formula is C24H27N5O3S. The largest absolute Gasteiger partial charge is 0.462 e. The van der Waals surface area contributed by atoms with Gasteiger partial charge in [0.05, 0.1) is 12.3 Å². The average molecular weight is 466 g/mol. The number of carbonyl (C=O) groups is 2. The standard InChI is InChI=1S/C24H27N5O3S/c1-3-32-23(31)21-16(2)25-24(33-21)26-22(30)19-9-10-20(28-27-19)29-13-11-18(12-14-29)15-17-7-5-4-6-8-17/h4-10,18H,3,11-15H2,1-2H3,(H,25,26,30). The lowest BCUT2D eigenvalue weighted by atomic mass is 9.90. The fourth-order valence-corrected chi connectivity index (χ4v) is 4.78. The van der Waals surface area contributed by atoms with Crippen molar-refractivity contribution in [3.05, 3.63) is 64.3 Å². The van der Waals surface area contributed by atoms with Gasteiger partial charge in [0.2, 0.25) is 0 Å². The number of amides is 1. The molecule has 3 heterocycles. The van der Waals surface area contributed by atoms with Crippen molar-refractivity contribution in [1.82, 2.24) is 15.2 Å². The predicted octanol–water partition coefficient (Wildman–Crippen LogP) is 4.13. The van der Waals surface area contributed by atoms with Crippen LogP contribution in [0.1, 0.15) is 51.2 Å². The van der Waals surface area contributed by atoms with Gasteiger partial charge in [0, 0.05) is 13.1 Å². The molecule has 0 spiro atoms. The Labute approximate surface area is 197 Å². The number of rotatable bonds is 7. The summed E-state index contributed by atoms with van der Waals surface area (Å²) in [5.41, 5.74) is 2.10. The van der Waals surface area contributed by atoms with Gasteiger partial charge >= 0.3 is 5.97 Å². The highest BCUT2D eigenvalue weighted by Gasteiger charge is 2.22. The van der Waals surface area contributed by atoms with E-state index in [0.29, 0.717) is 21.6 Å². The van der Waals surface area contributed by atoms with Crippen LogP contribution in [0.3, 0.4) is 0 Å². The Morgan fingerprint density at radius 2 is 1.88 bits per heavy atom. The monoisotopic (exact) mass is 465 g/mol. The molecule has 0 bridgehead atoms. The Morgan fingerprint density at radius 1 is 1.12 bits per heavy atom. The van der Waals surface area contributed by atoms with Gasteiger partial charge in [-0.2, -0.15) is 0 Å². The first-order valence-corrected chi connectivity index (χ1v) is 11.9. The molecule has 2 aromatic heterocycles. The number of thiazole rings is 1. The number of aryl methyl sites for hydroxylation is 1. The number of benzene rings is 1. The highest BCUT2D eigenvalue weighted by Crippen LogP contribution is 2.26. The second-order valence-electron chi connectivity index (χ2n) is 8.01. The topological polar surface area (TPSA) is 97.3 Å². The van der Waals surface area contributed by atoms with E-state index in [-0.39, 0.29) is 12.3 Å². The summed E-state index contributed by atoms with van der Waals surface area (Å²) in [5, 5.41) is 11.4. The molecule has 1 saturated heterocycles. The maximum atomic E-state index is 12.6. The number of anilines is 2. The van der Waals surface area contributed by atoms with Gasteiger partial charge in [-0.25, -0.2) is 9.78 Å². The summed E-state index contributed by atoms with van der Waals surface area (Å²) in [5.74, 6) is 0.590. The molecule has 1 aromatic carbocycles. The molecule has 1 fully saturated rings. The van der Waals surface area contributed by atoms with Gasteiger partial charge in [-0.05, 0) is 56.7 Å². The molecule has 172 valence electrons. The molecule has 1 aliphatic rings. The first-order chi connectivity index (χ1) is 16.0. The van der Waals surface area contributed by atoms with E-state index in [4.69, 9.17) is 4.74 Å². The molecule has 1 N–H and O–H groups in total. The molecule has 1 amide bonds. The third-order valence-corrected chi connectivity index (χ3v) is 6.72. The lowest BCUT2D eigenvalue weighted by Crippen LogP contribution is -2.35. The molecule has 4 rings (SSSR count). The second-order valence-corrected chi connectivity index (χ2v) is 9.00. The zero-order valence-electron chi connectivity index (χ0n) is 18.8. The minimum Gasteiger partial charge on any atom is -0.462 e. The van der Waals surface area contributed by atoms with Crippen LogP contribution in [-0.2, 0) is 11.2 Å². The van der Waals surface area contributed by atoms with E-state index in [0.717, 1.165) is 49.5 Å². The number of ether oxygens (including phenoxy) is 1. The highest BCUT2D eigenvalue weighted by atomic mass is 32.1. The van der Waals surface area contributed by atoms with Crippen LogP contribution >= 0.6 is 11.3 Å². The van der Waals surface area contributed by atoms with E-state index < -0.39 is 11.9 Å². The number of hydrogen-bond acceptors (Lipinski definition) is 8. The summed E-state index contributed by atoms with van der Waals surface area (Å²) in [6.45, 7) is 5.58. The normalized spacial score (nSPS) is 14.2. The van der Waals surface area contributed by atoms with Crippen molar-refractivity contribution in [3.63, 3.8) is 0 Å².